The van der Waals surface area contributed by atoms with Crippen molar-refractivity contribution >= 4 is 27.6 Å². The summed E-state index contributed by atoms with van der Waals surface area (Å²) in [5, 5.41) is 5.57. The molecule has 92 valence electrons. The highest BCUT2D eigenvalue weighted by molar-refractivity contribution is 9.10. The normalized spacial score (nSPS) is 9.83. The molecule has 2 aromatic rings. The van der Waals surface area contributed by atoms with Crippen LogP contribution in [0, 0.1) is 0 Å². The van der Waals surface area contributed by atoms with Gasteiger partial charge in [0.2, 0.25) is 0 Å². The fourth-order valence-electron chi connectivity index (χ4n) is 1.52. The van der Waals surface area contributed by atoms with E-state index in [9.17, 15) is 4.79 Å². The van der Waals surface area contributed by atoms with Crippen molar-refractivity contribution in [3.05, 3.63) is 64.6 Å². The first-order chi connectivity index (χ1) is 8.74. The third-order valence-corrected chi connectivity index (χ3v) is 2.87. The summed E-state index contributed by atoms with van der Waals surface area (Å²) in [5.41, 5.74) is 1.83. The predicted octanol–water partition coefficient (Wildman–Crippen LogP) is 3.77. The van der Waals surface area contributed by atoms with Gasteiger partial charge in [0.25, 0.3) is 0 Å². The number of amides is 2. The molecule has 0 heterocycles. The molecule has 0 fully saturated rings. The number of carbonyl (C=O) groups excluding carboxylic acids is 1. The first kappa shape index (κ1) is 12.6. The molecule has 0 radical (unpaired) electrons. The lowest BCUT2D eigenvalue weighted by Crippen LogP contribution is -2.28. The second kappa shape index (κ2) is 6.21. The van der Waals surface area contributed by atoms with Crippen LogP contribution in [0.1, 0.15) is 5.56 Å². The van der Waals surface area contributed by atoms with Gasteiger partial charge in [-0.1, -0.05) is 52.3 Å². The molecule has 0 atom stereocenters. The Balaban J connectivity index is 1.86. The fraction of sp³-hybridized carbons (Fsp3) is 0.0714. The maximum absolute atomic E-state index is 11.7. The van der Waals surface area contributed by atoms with Crippen LogP contribution in [0.4, 0.5) is 10.5 Å². The lowest BCUT2D eigenvalue weighted by atomic mass is 10.2. The summed E-state index contributed by atoms with van der Waals surface area (Å²) in [6.07, 6.45) is 0. The van der Waals surface area contributed by atoms with E-state index in [0.717, 1.165) is 15.7 Å². The van der Waals surface area contributed by atoms with Crippen LogP contribution in [0.3, 0.4) is 0 Å². The standard InChI is InChI=1S/C14H13BrN2O/c15-12-7-4-8-13(9-12)17-14(18)16-10-11-5-2-1-3-6-11/h1-9H,10H2,(H2,16,17,18). The third-order valence-electron chi connectivity index (χ3n) is 2.38. The average molecular weight is 305 g/mol. The largest absolute Gasteiger partial charge is 0.334 e. The Labute approximate surface area is 114 Å². The van der Waals surface area contributed by atoms with Crippen LogP contribution in [0.2, 0.25) is 0 Å². The van der Waals surface area contributed by atoms with E-state index in [0.29, 0.717) is 6.54 Å². The third kappa shape index (κ3) is 3.89. The number of urea groups is 1. The SMILES string of the molecule is O=C(NCc1ccccc1)Nc1cccc(Br)c1. The van der Waals surface area contributed by atoms with E-state index in [2.05, 4.69) is 26.6 Å². The number of rotatable bonds is 3. The lowest BCUT2D eigenvalue weighted by Gasteiger charge is -2.07. The Hall–Kier alpha value is -1.81. The Morgan fingerprint density at radius 1 is 1.06 bits per heavy atom. The minimum Gasteiger partial charge on any atom is -0.334 e. The summed E-state index contributed by atoms with van der Waals surface area (Å²) in [6.45, 7) is 0.515. The van der Waals surface area contributed by atoms with Gasteiger partial charge in [0, 0.05) is 16.7 Å². The smallest absolute Gasteiger partial charge is 0.319 e. The summed E-state index contributed by atoms with van der Waals surface area (Å²) < 4.78 is 0.934. The lowest BCUT2D eigenvalue weighted by molar-refractivity contribution is 0.251. The van der Waals surface area contributed by atoms with E-state index in [4.69, 9.17) is 0 Å². The molecule has 2 aromatic carbocycles. The first-order valence-electron chi connectivity index (χ1n) is 5.58. The first-order valence-corrected chi connectivity index (χ1v) is 6.38. The average Bonchev–Trinajstić information content (AvgIpc) is 2.38. The van der Waals surface area contributed by atoms with Crippen LogP contribution in [0.25, 0.3) is 0 Å². The zero-order valence-corrected chi connectivity index (χ0v) is 11.3. The van der Waals surface area contributed by atoms with E-state index in [1.54, 1.807) is 0 Å². The molecule has 0 aliphatic rings. The molecule has 4 heteroatoms. The predicted molar refractivity (Wildman–Crippen MR) is 76.4 cm³/mol. The van der Waals surface area contributed by atoms with Crippen molar-refractivity contribution in [2.75, 3.05) is 5.32 Å². The molecular formula is C14H13BrN2O. The maximum atomic E-state index is 11.7. The summed E-state index contributed by atoms with van der Waals surface area (Å²) in [7, 11) is 0. The second-order valence-corrected chi connectivity index (χ2v) is 4.72. The highest BCUT2D eigenvalue weighted by Crippen LogP contribution is 2.15. The van der Waals surface area contributed by atoms with Crippen molar-refractivity contribution in [2.45, 2.75) is 6.54 Å². The molecule has 0 unspecified atom stereocenters. The number of nitrogens with one attached hydrogen (secondary N) is 2. The number of anilines is 1. The zero-order valence-electron chi connectivity index (χ0n) is 9.69. The van der Waals surface area contributed by atoms with Crippen molar-refractivity contribution in [3.8, 4) is 0 Å². The molecular weight excluding hydrogens is 292 g/mol. The van der Waals surface area contributed by atoms with Gasteiger partial charge in [-0.05, 0) is 23.8 Å². The van der Waals surface area contributed by atoms with Crippen LogP contribution in [-0.2, 0) is 6.54 Å². The van der Waals surface area contributed by atoms with E-state index >= 15 is 0 Å². The Kier molecular flexibility index (Phi) is 4.36. The molecule has 0 spiro atoms. The fourth-order valence-corrected chi connectivity index (χ4v) is 1.92. The quantitative estimate of drug-likeness (QED) is 0.890. The molecule has 0 aromatic heterocycles. The van der Waals surface area contributed by atoms with E-state index in [-0.39, 0.29) is 6.03 Å². The van der Waals surface area contributed by atoms with Gasteiger partial charge < -0.3 is 10.6 Å². The number of halogens is 1. The van der Waals surface area contributed by atoms with E-state index < -0.39 is 0 Å². The van der Waals surface area contributed by atoms with Crippen LogP contribution in [-0.4, -0.2) is 6.03 Å². The van der Waals surface area contributed by atoms with Crippen LogP contribution in [0.15, 0.2) is 59.1 Å². The van der Waals surface area contributed by atoms with Crippen LogP contribution < -0.4 is 10.6 Å². The zero-order chi connectivity index (χ0) is 12.8. The second-order valence-electron chi connectivity index (χ2n) is 3.80. The Morgan fingerprint density at radius 3 is 2.56 bits per heavy atom. The Morgan fingerprint density at radius 2 is 1.83 bits per heavy atom. The number of hydrogen-bond acceptors (Lipinski definition) is 1. The molecule has 2 N–H and O–H groups in total. The molecule has 0 saturated heterocycles. The molecule has 18 heavy (non-hydrogen) atoms. The molecule has 0 saturated carbocycles. The molecule has 0 aliphatic heterocycles. The topological polar surface area (TPSA) is 41.1 Å². The molecule has 0 bridgehead atoms. The van der Waals surface area contributed by atoms with Crippen LogP contribution in [0.5, 0.6) is 0 Å². The monoisotopic (exact) mass is 304 g/mol. The van der Waals surface area contributed by atoms with Gasteiger partial charge in [-0.3, -0.25) is 0 Å². The summed E-state index contributed by atoms with van der Waals surface area (Å²) in [6, 6.07) is 17.0. The maximum Gasteiger partial charge on any atom is 0.319 e. The minimum atomic E-state index is -0.211. The van der Waals surface area contributed by atoms with Crippen molar-refractivity contribution in [2.24, 2.45) is 0 Å². The van der Waals surface area contributed by atoms with E-state index in [1.807, 2.05) is 54.6 Å². The van der Waals surface area contributed by atoms with Gasteiger partial charge in [0.1, 0.15) is 0 Å². The molecule has 2 amide bonds. The number of hydrogen-bond donors (Lipinski definition) is 2. The minimum absolute atomic E-state index is 0.211. The van der Waals surface area contributed by atoms with Gasteiger partial charge in [-0.25, -0.2) is 4.79 Å². The van der Waals surface area contributed by atoms with Gasteiger partial charge in [0.05, 0.1) is 0 Å². The van der Waals surface area contributed by atoms with Gasteiger partial charge >= 0.3 is 6.03 Å². The van der Waals surface area contributed by atoms with Crippen LogP contribution >= 0.6 is 15.9 Å². The van der Waals surface area contributed by atoms with Gasteiger partial charge in [-0.15, -0.1) is 0 Å². The van der Waals surface area contributed by atoms with Crippen molar-refractivity contribution in [3.63, 3.8) is 0 Å². The molecule has 0 aliphatic carbocycles. The van der Waals surface area contributed by atoms with Crippen molar-refractivity contribution in [1.29, 1.82) is 0 Å². The summed E-state index contributed by atoms with van der Waals surface area (Å²) >= 11 is 3.36. The van der Waals surface area contributed by atoms with Gasteiger partial charge in [0.15, 0.2) is 0 Å². The summed E-state index contributed by atoms with van der Waals surface area (Å²) in [4.78, 5) is 11.7. The molecule has 2 rings (SSSR count). The summed E-state index contributed by atoms with van der Waals surface area (Å²) in [5.74, 6) is 0. The highest BCUT2D eigenvalue weighted by Gasteiger charge is 2.01. The van der Waals surface area contributed by atoms with Crippen molar-refractivity contribution in [1.82, 2.24) is 5.32 Å². The van der Waals surface area contributed by atoms with Crippen molar-refractivity contribution < 1.29 is 4.79 Å². The molecule has 3 nitrogen and oxygen atoms in total. The highest BCUT2D eigenvalue weighted by atomic mass is 79.9. The number of carbonyl (C=O) groups is 1. The van der Waals surface area contributed by atoms with Gasteiger partial charge in [-0.2, -0.15) is 0 Å². The van der Waals surface area contributed by atoms with E-state index in [1.165, 1.54) is 0 Å². The number of benzene rings is 2. The Bertz CT molecular complexity index is 528.